The number of ether oxygens (including phenoxy) is 1. The van der Waals surface area contributed by atoms with Crippen LogP contribution in [-0.2, 0) is 0 Å². The molecule has 1 aromatic carbocycles. The number of anilines is 1. The molecule has 0 aliphatic heterocycles. The third-order valence-corrected chi connectivity index (χ3v) is 5.55. The average molecular weight is 412 g/mol. The van der Waals surface area contributed by atoms with Crippen molar-refractivity contribution in [2.24, 2.45) is 5.10 Å². The van der Waals surface area contributed by atoms with Gasteiger partial charge in [-0.15, -0.1) is 22.7 Å². The van der Waals surface area contributed by atoms with Crippen LogP contribution >= 0.6 is 45.9 Å². The second kappa shape index (κ2) is 8.19. The number of benzene rings is 1. The Morgan fingerprint density at radius 1 is 1.32 bits per heavy atom. The van der Waals surface area contributed by atoms with E-state index in [4.69, 9.17) is 27.9 Å². The minimum Gasteiger partial charge on any atom is -0.491 e. The fraction of sp³-hybridized carbons (Fsp3) is 0.176. The van der Waals surface area contributed by atoms with Gasteiger partial charge in [0.25, 0.3) is 0 Å². The first-order valence-corrected chi connectivity index (χ1v) is 9.96. The zero-order chi connectivity index (χ0) is 17.8. The van der Waals surface area contributed by atoms with Crippen molar-refractivity contribution in [3.63, 3.8) is 0 Å². The SMILES string of the molecule is CCOc1c(Cl)cc(/C=N\Nc2nc(-c3cccs3)c(C)s2)cc1Cl. The highest BCUT2D eigenvalue weighted by molar-refractivity contribution is 7.17. The molecule has 0 atom stereocenters. The maximum atomic E-state index is 6.19. The molecule has 0 amide bonds. The number of hydrazone groups is 1. The van der Waals surface area contributed by atoms with Gasteiger partial charge in [-0.3, -0.25) is 5.43 Å². The lowest BCUT2D eigenvalue weighted by Crippen LogP contribution is -1.95. The molecular formula is C17H15Cl2N3OS2. The second-order valence-electron chi connectivity index (χ2n) is 5.02. The lowest BCUT2D eigenvalue weighted by molar-refractivity contribution is 0.340. The van der Waals surface area contributed by atoms with Gasteiger partial charge in [0, 0.05) is 4.88 Å². The van der Waals surface area contributed by atoms with E-state index in [2.05, 4.69) is 21.6 Å². The van der Waals surface area contributed by atoms with Gasteiger partial charge in [-0.25, -0.2) is 4.98 Å². The maximum absolute atomic E-state index is 6.19. The summed E-state index contributed by atoms with van der Waals surface area (Å²) in [4.78, 5) is 6.88. The molecule has 8 heteroatoms. The number of aromatic nitrogens is 1. The summed E-state index contributed by atoms with van der Waals surface area (Å²) < 4.78 is 5.42. The molecule has 0 unspecified atom stereocenters. The Labute approximate surface area is 164 Å². The predicted octanol–water partition coefficient (Wildman–Crippen LogP) is 6.33. The van der Waals surface area contributed by atoms with Crippen molar-refractivity contribution in [3.8, 4) is 16.3 Å². The molecule has 3 aromatic rings. The van der Waals surface area contributed by atoms with E-state index >= 15 is 0 Å². The van der Waals surface area contributed by atoms with Crippen molar-refractivity contribution < 1.29 is 4.74 Å². The molecule has 4 nitrogen and oxygen atoms in total. The van der Waals surface area contributed by atoms with Crippen molar-refractivity contribution in [3.05, 3.63) is 50.1 Å². The van der Waals surface area contributed by atoms with Crippen molar-refractivity contribution >= 4 is 57.2 Å². The highest BCUT2D eigenvalue weighted by Gasteiger charge is 2.10. The Balaban J connectivity index is 1.73. The Morgan fingerprint density at radius 2 is 2.08 bits per heavy atom. The van der Waals surface area contributed by atoms with E-state index in [1.165, 1.54) is 0 Å². The van der Waals surface area contributed by atoms with Gasteiger partial charge < -0.3 is 4.74 Å². The van der Waals surface area contributed by atoms with Gasteiger partial charge >= 0.3 is 0 Å². The van der Waals surface area contributed by atoms with Gasteiger partial charge in [-0.05, 0) is 43.0 Å². The fourth-order valence-corrected chi connectivity index (χ4v) is 4.41. The number of hydrogen-bond donors (Lipinski definition) is 1. The van der Waals surface area contributed by atoms with E-state index in [0.29, 0.717) is 22.4 Å². The fourth-order valence-electron chi connectivity index (χ4n) is 2.18. The Bertz CT molecular complexity index is 868. The topological polar surface area (TPSA) is 46.5 Å². The molecule has 0 aliphatic carbocycles. The molecule has 0 spiro atoms. The van der Waals surface area contributed by atoms with Crippen LogP contribution in [0.3, 0.4) is 0 Å². The van der Waals surface area contributed by atoms with E-state index < -0.39 is 0 Å². The van der Waals surface area contributed by atoms with E-state index in [1.807, 2.05) is 25.3 Å². The first kappa shape index (κ1) is 18.2. The van der Waals surface area contributed by atoms with Crippen LogP contribution in [0.1, 0.15) is 17.4 Å². The Morgan fingerprint density at radius 3 is 2.72 bits per heavy atom. The zero-order valence-electron chi connectivity index (χ0n) is 13.5. The number of nitrogens with one attached hydrogen (secondary N) is 1. The molecule has 0 saturated heterocycles. The highest BCUT2D eigenvalue weighted by Crippen LogP contribution is 2.34. The molecular weight excluding hydrogens is 397 g/mol. The molecule has 3 rings (SSSR count). The first-order chi connectivity index (χ1) is 12.1. The molecule has 0 fully saturated rings. The number of aryl methyl sites for hydroxylation is 1. The first-order valence-electron chi connectivity index (χ1n) is 7.50. The summed E-state index contributed by atoms with van der Waals surface area (Å²) in [5.41, 5.74) is 4.73. The molecule has 25 heavy (non-hydrogen) atoms. The summed E-state index contributed by atoms with van der Waals surface area (Å²) >= 11 is 15.6. The zero-order valence-corrected chi connectivity index (χ0v) is 16.7. The van der Waals surface area contributed by atoms with Gasteiger partial charge in [-0.2, -0.15) is 5.10 Å². The van der Waals surface area contributed by atoms with Crippen LogP contribution in [0, 0.1) is 6.92 Å². The van der Waals surface area contributed by atoms with Crippen LogP contribution in [0.5, 0.6) is 5.75 Å². The monoisotopic (exact) mass is 411 g/mol. The molecule has 0 saturated carbocycles. The van der Waals surface area contributed by atoms with Gasteiger partial charge in [0.1, 0.15) is 0 Å². The maximum Gasteiger partial charge on any atom is 0.204 e. The standard InChI is InChI=1S/C17H15Cl2N3OS2/c1-3-23-16-12(18)7-11(8-13(16)19)9-20-22-17-21-15(10(2)25-17)14-5-4-6-24-14/h4-9H,3H2,1-2H3,(H,21,22)/b20-9-. The van der Waals surface area contributed by atoms with E-state index in [1.54, 1.807) is 41.0 Å². The molecule has 130 valence electrons. The predicted molar refractivity (Wildman–Crippen MR) is 109 cm³/mol. The van der Waals surface area contributed by atoms with Crippen LogP contribution in [0.2, 0.25) is 10.0 Å². The molecule has 2 aromatic heterocycles. The van der Waals surface area contributed by atoms with Crippen LogP contribution < -0.4 is 10.2 Å². The van der Waals surface area contributed by atoms with Gasteiger partial charge in [-0.1, -0.05) is 29.3 Å². The lowest BCUT2D eigenvalue weighted by Gasteiger charge is -2.08. The number of rotatable bonds is 6. The lowest BCUT2D eigenvalue weighted by atomic mass is 10.2. The second-order valence-corrected chi connectivity index (χ2v) is 7.98. The molecule has 1 N–H and O–H groups in total. The van der Waals surface area contributed by atoms with Crippen molar-refractivity contribution in [2.75, 3.05) is 12.0 Å². The Hall–Kier alpha value is -1.60. The normalized spacial score (nSPS) is 11.2. The summed E-state index contributed by atoms with van der Waals surface area (Å²) in [6.45, 7) is 4.43. The van der Waals surface area contributed by atoms with Crippen molar-refractivity contribution in [1.82, 2.24) is 4.98 Å². The number of hydrogen-bond acceptors (Lipinski definition) is 6. The van der Waals surface area contributed by atoms with Gasteiger partial charge in [0.15, 0.2) is 5.75 Å². The van der Waals surface area contributed by atoms with Crippen molar-refractivity contribution in [2.45, 2.75) is 13.8 Å². The average Bonchev–Trinajstić information content (AvgIpc) is 3.20. The van der Waals surface area contributed by atoms with Crippen LogP contribution in [0.15, 0.2) is 34.7 Å². The minimum absolute atomic E-state index is 0.459. The largest absolute Gasteiger partial charge is 0.491 e. The van der Waals surface area contributed by atoms with E-state index in [-0.39, 0.29) is 0 Å². The van der Waals surface area contributed by atoms with Gasteiger partial charge in [0.2, 0.25) is 5.13 Å². The van der Waals surface area contributed by atoms with Crippen LogP contribution in [0.25, 0.3) is 10.6 Å². The summed E-state index contributed by atoms with van der Waals surface area (Å²) in [5.74, 6) is 0.493. The third-order valence-electron chi connectivity index (χ3n) is 3.23. The van der Waals surface area contributed by atoms with Crippen molar-refractivity contribution in [1.29, 1.82) is 0 Å². The van der Waals surface area contributed by atoms with Gasteiger partial charge in [0.05, 0.1) is 33.4 Å². The van der Waals surface area contributed by atoms with Crippen LogP contribution in [0.4, 0.5) is 5.13 Å². The number of thiazole rings is 1. The summed E-state index contributed by atoms with van der Waals surface area (Å²) in [6, 6.07) is 7.59. The summed E-state index contributed by atoms with van der Waals surface area (Å²) in [5, 5.41) is 7.92. The Kier molecular flexibility index (Phi) is 5.96. The summed E-state index contributed by atoms with van der Waals surface area (Å²) in [6.07, 6.45) is 1.65. The number of nitrogens with zero attached hydrogens (tertiary/aromatic N) is 2. The van der Waals surface area contributed by atoms with Crippen LogP contribution in [-0.4, -0.2) is 17.8 Å². The summed E-state index contributed by atoms with van der Waals surface area (Å²) in [7, 11) is 0. The quantitative estimate of drug-likeness (QED) is 0.380. The molecule has 0 aliphatic rings. The van der Waals surface area contributed by atoms with E-state index in [9.17, 15) is 0 Å². The minimum atomic E-state index is 0.459. The molecule has 0 radical (unpaired) electrons. The third kappa shape index (κ3) is 4.33. The number of thiophene rings is 1. The molecule has 0 bridgehead atoms. The molecule has 2 heterocycles. The van der Waals surface area contributed by atoms with E-state index in [0.717, 1.165) is 26.1 Å². The smallest absolute Gasteiger partial charge is 0.204 e. The number of halogens is 2. The highest BCUT2D eigenvalue weighted by atomic mass is 35.5.